The van der Waals surface area contributed by atoms with Crippen LogP contribution >= 0.6 is 46.3 Å². The largest absolute Gasteiger partial charge is 0.457 e. The Labute approximate surface area is 128 Å². The van der Waals surface area contributed by atoms with Crippen LogP contribution in [0.5, 0.6) is 0 Å². The molecule has 19 heavy (non-hydrogen) atoms. The van der Waals surface area contributed by atoms with Gasteiger partial charge in [-0.1, -0.05) is 64.9 Å². The molecule has 0 N–H and O–H groups in total. The molecule has 0 bridgehead atoms. The fraction of sp³-hybridized carbons (Fsp3) is 0.167. The van der Waals surface area contributed by atoms with E-state index in [4.69, 9.17) is 27.9 Å². The molecule has 0 atom stereocenters. The van der Waals surface area contributed by atoms with Crippen LogP contribution in [0.15, 0.2) is 34.7 Å². The summed E-state index contributed by atoms with van der Waals surface area (Å²) in [5.41, 5.74) is 1.13. The van der Waals surface area contributed by atoms with Crippen LogP contribution in [-0.4, -0.2) is 16.9 Å². The summed E-state index contributed by atoms with van der Waals surface area (Å²) in [4.78, 5) is 15.5. The van der Waals surface area contributed by atoms with Crippen LogP contribution in [0.4, 0.5) is 4.79 Å². The number of halogens is 2. The van der Waals surface area contributed by atoms with E-state index in [9.17, 15) is 4.79 Å². The molecular formula is C12H9Cl2NO2S2. The van der Waals surface area contributed by atoms with E-state index in [1.807, 2.05) is 30.3 Å². The molecule has 0 amide bonds. The van der Waals surface area contributed by atoms with Crippen molar-refractivity contribution in [2.45, 2.75) is 10.8 Å². The standard InChI is InChI=1S/C12H9Cl2NO2S2/c13-9-10(14)18-11(15-9)19-12(16)17-7-6-8-4-2-1-3-5-8/h1-5H,6-7H2. The molecule has 0 saturated heterocycles. The Bertz CT molecular complexity index is 541. The maximum atomic E-state index is 11.5. The third-order valence-corrected chi connectivity index (χ3v) is 4.73. The highest BCUT2D eigenvalue weighted by Gasteiger charge is 2.13. The van der Waals surface area contributed by atoms with Crippen molar-refractivity contribution < 1.29 is 9.53 Å². The molecule has 0 radical (unpaired) electrons. The third-order valence-electron chi connectivity index (χ3n) is 2.15. The number of thiazole rings is 1. The van der Waals surface area contributed by atoms with Gasteiger partial charge < -0.3 is 4.74 Å². The fourth-order valence-electron chi connectivity index (χ4n) is 1.31. The van der Waals surface area contributed by atoms with Crippen molar-refractivity contribution in [3.8, 4) is 0 Å². The highest BCUT2D eigenvalue weighted by Crippen LogP contribution is 2.34. The maximum Gasteiger partial charge on any atom is 0.374 e. The topological polar surface area (TPSA) is 39.2 Å². The zero-order chi connectivity index (χ0) is 13.7. The van der Waals surface area contributed by atoms with Crippen LogP contribution < -0.4 is 0 Å². The first-order chi connectivity index (χ1) is 9.15. The number of ether oxygens (including phenoxy) is 1. The average Bonchev–Trinajstić information content (AvgIpc) is 2.69. The first kappa shape index (κ1) is 14.7. The number of hydrogen-bond acceptors (Lipinski definition) is 5. The monoisotopic (exact) mass is 333 g/mol. The van der Waals surface area contributed by atoms with E-state index in [2.05, 4.69) is 4.98 Å². The second-order valence-corrected chi connectivity index (χ2v) is 6.62. The van der Waals surface area contributed by atoms with Gasteiger partial charge >= 0.3 is 5.30 Å². The van der Waals surface area contributed by atoms with Crippen LogP contribution in [-0.2, 0) is 11.2 Å². The van der Waals surface area contributed by atoms with Crippen LogP contribution in [0.25, 0.3) is 0 Å². The van der Waals surface area contributed by atoms with E-state index in [-0.39, 0.29) is 5.15 Å². The van der Waals surface area contributed by atoms with Gasteiger partial charge in [-0.3, -0.25) is 0 Å². The van der Waals surface area contributed by atoms with Crippen molar-refractivity contribution in [1.29, 1.82) is 0 Å². The number of nitrogens with zero attached hydrogens (tertiary/aromatic N) is 1. The summed E-state index contributed by atoms with van der Waals surface area (Å²) in [6.07, 6.45) is 0.687. The molecule has 0 spiro atoms. The molecule has 3 nitrogen and oxygen atoms in total. The summed E-state index contributed by atoms with van der Waals surface area (Å²) in [6.45, 7) is 0.336. The summed E-state index contributed by atoms with van der Waals surface area (Å²) in [6, 6.07) is 9.82. The molecule has 0 fully saturated rings. The summed E-state index contributed by atoms with van der Waals surface area (Å²) in [7, 11) is 0. The molecule has 0 saturated carbocycles. The maximum absolute atomic E-state index is 11.5. The lowest BCUT2D eigenvalue weighted by molar-refractivity contribution is 0.176. The lowest BCUT2D eigenvalue weighted by atomic mass is 10.2. The lowest BCUT2D eigenvalue weighted by Gasteiger charge is -2.02. The minimum Gasteiger partial charge on any atom is -0.457 e. The van der Waals surface area contributed by atoms with E-state index >= 15 is 0 Å². The molecule has 0 aliphatic carbocycles. The van der Waals surface area contributed by atoms with Gasteiger partial charge in [0.15, 0.2) is 9.49 Å². The minimum absolute atomic E-state index is 0.214. The van der Waals surface area contributed by atoms with Gasteiger partial charge in [0.1, 0.15) is 4.34 Å². The molecule has 0 unspecified atom stereocenters. The predicted molar refractivity (Wildman–Crippen MR) is 79.5 cm³/mol. The minimum atomic E-state index is -0.405. The van der Waals surface area contributed by atoms with Gasteiger partial charge in [0.05, 0.1) is 6.61 Å². The third kappa shape index (κ3) is 4.69. The van der Waals surface area contributed by atoms with Crippen molar-refractivity contribution in [2.75, 3.05) is 6.61 Å². The van der Waals surface area contributed by atoms with Gasteiger partial charge in [-0.2, -0.15) is 0 Å². The molecule has 1 aromatic carbocycles. The van der Waals surface area contributed by atoms with Crippen LogP contribution in [0.1, 0.15) is 5.56 Å². The first-order valence-corrected chi connectivity index (χ1v) is 7.74. The Morgan fingerprint density at radius 3 is 2.68 bits per heavy atom. The van der Waals surface area contributed by atoms with Gasteiger partial charge in [-0.05, 0) is 5.56 Å². The van der Waals surface area contributed by atoms with E-state index < -0.39 is 5.30 Å². The number of carbonyl (C=O) groups is 1. The van der Waals surface area contributed by atoms with Crippen molar-refractivity contribution in [3.05, 3.63) is 45.4 Å². The number of rotatable bonds is 4. The first-order valence-electron chi connectivity index (χ1n) is 5.35. The van der Waals surface area contributed by atoms with Gasteiger partial charge in [0, 0.05) is 18.2 Å². The number of thioether (sulfide) groups is 1. The Morgan fingerprint density at radius 1 is 1.32 bits per heavy atom. The normalized spacial score (nSPS) is 10.4. The quantitative estimate of drug-likeness (QED) is 0.588. The Kier molecular flexibility index (Phi) is 5.51. The molecule has 1 heterocycles. The molecule has 100 valence electrons. The zero-order valence-electron chi connectivity index (χ0n) is 9.64. The number of aromatic nitrogens is 1. The number of carbonyl (C=O) groups excluding carboxylic acids is 1. The van der Waals surface area contributed by atoms with Crippen molar-refractivity contribution in [2.24, 2.45) is 0 Å². The molecular weight excluding hydrogens is 325 g/mol. The van der Waals surface area contributed by atoms with Gasteiger partial charge in [-0.15, -0.1) is 0 Å². The fourth-order valence-corrected chi connectivity index (χ4v) is 3.47. The van der Waals surface area contributed by atoms with E-state index in [0.717, 1.165) is 28.7 Å². The smallest absolute Gasteiger partial charge is 0.374 e. The molecule has 7 heteroatoms. The second kappa shape index (κ2) is 7.14. The highest BCUT2D eigenvalue weighted by atomic mass is 35.5. The van der Waals surface area contributed by atoms with E-state index in [1.54, 1.807) is 0 Å². The van der Waals surface area contributed by atoms with Crippen LogP contribution in [0, 0.1) is 0 Å². The van der Waals surface area contributed by atoms with Crippen LogP contribution in [0.2, 0.25) is 9.49 Å². The molecule has 2 rings (SSSR count). The summed E-state index contributed by atoms with van der Waals surface area (Å²) < 4.78 is 5.97. The number of hydrogen-bond donors (Lipinski definition) is 0. The Hall–Kier alpha value is -0.750. The summed E-state index contributed by atoms with van der Waals surface area (Å²) in [5, 5.41) is -0.190. The van der Waals surface area contributed by atoms with Gasteiger partial charge in [0.25, 0.3) is 0 Å². The van der Waals surface area contributed by atoms with E-state index in [1.165, 1.54) is 0 Å². The lowest BCUT2D eigenvalue weighted by Crippen LogP contribution is -2.02. The second-order valence-electron chi connectivity index (χ2n) is 3.48. The number of benzene rings is 1. The highest BCUT2D eigenvalue weighted by molar-refractivity contribution is 8.14. The molecule has 0 aliphatic heterocycles. The van der Waals surface area contributed by atoms with Gasteiger partial charge in [-0.25, -0.2) is 9.78 Å². The average molecular weight is 334 g/mol. The van der Waals surface area contributed by atoms with Gasteiger partial charge in [0.2, 0.25) is 0 Å². The van der Waals surface area contributed by atoms with Crippen molar-refractivity contribution >= 4 is 51.6 Å². The molecule has 0 aliphatic rings. The Morgan fingerprint density at radius 2 is 2.05 bits per heavy atom. The van der Waals surface area contributed by atoms with Crippen molar-refractivity contribution in [1.82, 2.24) is 4.98 Å². The Balaban J connectivity index is 1.76. The SMILES string of the molecule is O=C(OCCc1ccccc1)Sc1nc(Cl)c(Cl)s1. The molecule has 1 aromatic heterocycles. The predicted octanol–water partition coefficient (Wildman–Crippen LogP) is 4.92. The zero-order valence-corrected chi connectivity index (χ0v) is 12.8. The van der Waals surface area contributed by atoms with Crippen molar-refractivity contribution in [3.63, 3.8) is 0 Å². The van der Waals surface area contributed by atoms with Crippen LogP contribution in [0.3, 0.4) is 0 Å². The summed E-state index contributed by atoms with van der Waals surface area (Å²) in [5.74, 6) is 0. The molecule has 2 aromatic rings. The summed E-state index contributed by atoms with van der Waals surface area (Å²) >= 11 is 13.5. The van der Waals surface area contributed by atoms with E-state index in [0.29, 0.717) is 21.7 Å².